The second-order valence-electron chi connectivity index (χ2n) is 3.66. The van der Waals surface area contributed by atoms with Gasteiger partial charge >= 0.3 is 0 Å². The molecule has 0 aliphatic carbocycles. The molecule has 1 unspecified atom stereocenters. The summed E-state index contributed by atoms with van der Waals surface area (Å²) >= 11 is 2.05. The third kappa shape index (κ3) is 2.06. The molecule has 1 atom stereocenters. The lowest BCUT2D eigenvalue weighted by Gasteiger charge is -2.26. The van der Waals surface area contributed by atoms with Gasteiger partial charge in [0.2, 0.25) is 0 Å². The third-order valence-electron chi connectivity index (χ3n) is 2.73. The van der Waals surface area contributed by atoms with Crippen molar-refractivity contribution < 1.29 is 0 Å². The Morgan fingerprint density at radius 3 is 3.14 bits per heavy atom. The van der Waals surface area contributed by atoms with Gasteiger partial charge in [-0.3, -0.25) is 0 Å². The molecule has 2 heteroatoms. The normalized spacial score (nSPS) is 19.9. The molecule has 0 saturated carbocycles. The number of hydrogen-bond acceptors (Lipinski definition) is 2. The van der Waals surface area contributed by atoms with Gasteiger partial charge in [-0.05, 0) is 29.7 Å². The summed E-state index contributed by atoms with van der Waals surface area (Å²) in [6, 6.07) is 8.72. The van der Waals surface area contributed by atoms with Crippen LogP contribution in [0.3, 0.4) is 0 Å². The Morgan fingerprint density at radius 1 is 1.43 bits per heavy atom. The van der Waals surface area contributed by atoms with Gasteiger partial charge in [0, 0.05) is 18.0 Å². The number of benzene rings is 1. The minimum Gasteiger partial charge on any atom is -0.385 e. The molecular formula is C12H17NS. The van der Waals surface area contributed by atoms with Crippen LogP contribution in [0.2, 0.25) is 0 Å². The molecule has 14 heavy (non-hydrogen) atoms. The summed E-state index contributed by atoms with van der Waals surface area (Å²) < 4.78 is 0. The highest BCUT2D eigenvalue weighted by Gasteiger charge is 2.18. The Hall–Kier alpha value is -0.630. The van der Waals surface area contributed by atoms with Crippen LogP contribution in [-0.2, 0) is 0 Å². The minimum absolute atomic E-state index is 0.761. The highest BCUT2D eigenvalue weighted by molar-refractivity contribution is 7.99. The second kappa shape index (κ2) is 4.74. The predicted molar refractivity (Wildman–Crippen MR) is 65.3 cm³/mol. The zero-order chi connectivity index (χ0) is 9.80. The molecule has 0 saturated heterocycles. The molecule has 0 spiro atoms. The molecule has 2 rings (SSSR count). The van der Waals surface area contributed by atoms with Gasteiger partial charge in [0.05, 0.1) is 0 Å². The van der Waals surface area contributed by atoms with Crippen LogP contribution in [-0.4, -0.2) is 18.1 Å². The first-order chi connectivity index (χ1) is 6.92. The average molecular weight is 207 g/mol. The second-order valence-corrected chi connectivity index (χ2v) is 4.98. The van der Waals surface area contributed by atoms with Crippen LogP contribution in [0.25, 0.3) is 0 Å². The van der Waals surface area contributed by atoms with E-state index in [0.717, 1.165) is 12.5 Å². The van der Waals surface area contributed by atoms with E-state index in [4.69, 9.17) is 0 Å². The largest absolute Gasteiger partial charge is 0.385 e. The molecule has 0 amide bonds. The van der Waals surface area contributed by atoms with Crippen LogP contribution in [0, 0.1) is 0 Å². The Bertz CT molecular complexity index is 298. The SMILES string of the molecule is CCSCC1CCNc2ccccc21. The lowest BCUT2D eigenvalue weighted by molar-refractivity contribution is 0.693. The van der Waals surface area contributed by atoms with E-state index in [1.807, 2.05) is 0 Å². The summed E-state index contributed by atoms with van der Waals surface area (Å²) in [5.74, 6) is 3.26. The highest BCUT2D eigenvalue weighted by atomic mass is 32.2. The van der Waals surface area contributed by atoms with Crippen LogP contribution < -0.4 is 5.32 Å². The minimum atomic E-state index is 0.761. The first-order valence-electron chi connectivity index (χ1n) is 5.32. The van der Waals surface area contributed by atoms with Gasteiger partial charge in [0.1, 0.15) is 0 Å². The van der Waals surface area contributed by atoms with Crippen molar-refractivity contribution in [2.75, 3.05) is 23.4 Å². The Labute approximate surface area is 90.3 Å². The molecule has 1 aromatic carbocycles. The quantitative estimate of drug-likeness (QED) is 0.816. The van der Waals surface area contributed by atoms with Crippen molar-refractivity contribution in [2.24, 2.45) is 0 Å². The van der Waals surface area contributed by atoms with E-state index >= 15 is 0 Å². The molecular weight excluding hydrogens is 190 g/mol. The van der Waals surface area contributed by atoms with Gasteiger partial charge in [-0.15, -0.1) is 0 Å². The van der Waals surface area contributed by atoms with Gasteiger partial charge < -0.3 is 5.32 Å². The number of anilines is 1. The summed E-state index contributed by atoms with van der Waals surface area (Å²) in [6.45, 7) is 3.36. The molecule has 1 aliphatic heterocycles. The van der Waals surface area contributed by atoms with Crippen molar-refractivity contribution in [2.45, 2.75) is 19.3 Å². The maximum absolute atomic E-state index is 3.46. The fourth-order valence-electron chi connectivity index (χ4n) is 1.98. The van der Waals surface area contributed by atoms with Gasteiger partial charge in [0.25, 0.3) is 0 Å². The zero-order valence-electron chi connectivity index (χ0n) is 8.62. The fraction of sp³-hybridized carbons (Fsp3) is 0.500. The number of hydrogen-bond donors (Lipinski definition) is 1. The predicted octanol–water partition coefficient (Wildman–Crippen LogP) is 3.34. The van der Waals surface area contributed by atoms with Crippen molar-refractivity contribution in [1.29, 1.82) is 0 Å². The zero-order valence-corrected chi connectivity index (χ0v) is 9.44. The van der Waals surface area contributed by atoms with E-state index in [0.29, 0.717) is 0 Å². The first-order valence-corrected chi connectivity index (χ1v) is 6.48. The van der Waals surface area contributed by atoms with E-state index < -0.39 is 0 Å². The van der Waals surface area contributed by atoms with Crippen LogP contribution in [0.5, 0.6) is 0 Å². The molecule has 0 aromatic heterocycles. The summed E-state index contributed by atoms with van der Waals surface area (Å²) in [4.78, 5) is 0. The number of thioether (sulfide) groups is 1. The summed E-state index contributed by atoms with van der Waals surface area (Å²) in [7, 11) is 0. The molecule has 1 nitrogen and oxygen atoms in total. The van der Waals surface area contributed by atoms with Gasteiger partial charge in [-0.25, -0.2) is 0 Å². The fourth-order valence-corrected chi connectivity index (χ4v) is 2.85. The smallest absolute Gasteiger partial charge is 0.0375 e. The molecule has 1 aliphatic rings. The first kappa shape index (κ1) is 9.91. The number of fused-ring (bicyclic) bond motifs is 1. The van der Waals surface area contributed by atoms with Crippen molar-refractivity contribution >= 4 is 17.4 Å². The van der Waals surface area contributed by atoms with Gasteiger partial charge in [0.15, 0.2) is 0 Å². The molecule has 1 aromatic rings. The van der Waals surface area contributed by atoms with Crippen molar-refractivity contribution in [3.8, 4) is 0 Å². The van der Waals surface area contributed by atoms with Crippen LogP contribution in [0.1, 0.15) is 24.8 Å². The maximum Gasteiger partial charge on any atom is 0.0375 e. The van der Waals surface area contributed by atoms with Gasteiger partial charge in [-0.2, -0.15) is 11.8 Å². The van der Waals surface area contributed by atoms with Crippen LogP contribution in [0.15, 0.2) is 24.3 Å². The van der Waals surface area contributed by atoms with Crippen molar-refractivity contribution in [3.63, 3.8) is 0 Å². The van der Waals surface area contributed by atoms with E-state index in [9.17, 15) is 0 Å². The van der Waals surface area contributed by atoms with Crippen molar-refractivity contribution in [1.82, 2.24) is 0 Å². The van der Waals surface area contributed by atoms with E-state index in [1.165, 1.54) is 29.2 Å². The molecule has 0 radical (unpaired) electrons. The maximum atomic E-state index is 3.46. The van der Waals surface area contributed by atoms with E-state index in [2.05, 4.69) is 48.3 Å². The highest BCUT2D eigenvalue weighted by Crippen LogP contribution is 2.33. The molecule has 0 fully saturated rings. The Morgan fingerprint density at radius 2 is 2.29 bits per heavy atom. The third-order valence-corrected chi connectivity index (χ3v) is 3.78. The van der Waals surface area contributed by atoms with E-state index in [1.54, 1.807) is 0 Å². The number of para-hydroxylation sites is 1. The molecule has 1 heterocycles. The molecule has 1 N–H and O–H groups in total. The van der Waals surface area contributed by atoms with E-state index in [-0.39, 0.29) is 0 Å². The topological polar surface area (TPSA) is 12.0 Å². The number of nitrogens with one attached hydrogen (secondary N) is 1. The molecule has 76 valence electrons. The Kier molecular flexibility index (Phi) is 3.35. The summed E-state index contributed by atoms with van der Waals surface area (Å²) in [6.07, 6.45) is 1.28. The standard InChI is InChI=1S/C12H17NS/c1-2-14-9-10-7-8-13-12-6-4-3-5-11(10)12/h3-6,10,13H,2,7-9H2,1H3. The average Bonchev–Trinajstić information content (AvgIpc) is 2.26. The Balaban J connectivity index is 2.14. The van der Waals surface area contributed by atoms with Gasteiger partial charge in [-0.1, -0.05) is 25.1 Å². The van der Waals surface area contributed by atoms with Crippen LogP contribution >= 0.6 is 11.8 Å². The molecule has 0 bridgehead atoms. The lowest BCUT2D eigenvalue weighted by Crippen LogP contribution is -2.18. The lowest BCUT2D eigenvalue weighted by atomic mass is 9.93. The summed E-state index contributed by atoms with van der Waals surface area (Å²) in [5.41, 5.74) is 2.86. The van der Waals surface area contributed by atoms with Crippen molar-refractivity contribution in [3.05, 3.63) is 29.8 Å². The summed E-state index contributed by atoms with van der Waals surface area (Å²) in [5, 5.41) is 3.46. The van der Waals surface area contributed by atoms with Crippen LogP contribution in [0.4, 0.5) is 5.69 Å². The number of rotatable bonds is 3. The monoisotopic (exact) mass is 207 g/mol.